The first-order valence-electron chi connectivity index (χ1n) is 7.68. The second-order valence-corrected chi connectivity index (χ2v) is 5.71. The van der Waals surface area contributed by atoms with Gasteiger partial charge < -0.3 is 15.5 Å². The normalized spacial score (nSPS) is 21.0. The van der Waals surface area contributed by atoms with Gasteiger partial charge in [0, 0.05) is 44.0 Å². The van der Waals surface area contributed by atoms with E-state index in [1.54, 1.807) is 0 Å². The van der Waals surface area contributed by atoms with Gasteiger partial charge in [0.15, 0.2) is 0 Å². The van der Waals surface area contributed by atoms with Crippen LogP contribution < -0.4 is 15.5 Å². The van der Waals surface area contributed by atoms with Gasteiger partial charge in [-0.25, -0.2) is 0 Å². The van der Waals surface area contributed by atoms with Crippen LogP contribution in [0.4, 0.5) is 11.4 Å². The first kappa shape index (κ1) is 12.7. The van der Waals surface area contributed by atoms with Crippen molar-refractivity contribution in [2.24, 2.45) is 0 Å². The van der Waals surface area contributed by atoms with E-state index in [4.69, 9.17) is 0 Å². The Kier molecular flexibility index (Phi) is 3.24. The Bertz CT molecular complexity index is 626. The smallest absolute Gasteiger partial charge is 0.0702 e. The molecule has 0 saturated carbocycles. The number of benzene rings is 1. The van der Waals surface area contributed by atoms with Crippen molar-refractivity contribution in [2.45, 2.75) is 12.5 Å². The minimum absolute atomic E-state index is 0.589. The third-order valence-corrected chi connectivity index (χ3v) is 4.41. The van der Waals surface area contributed by atoms with Gasteiger partial charge in [-0.1, -0.05) is 12.1 Å². The van der Waals surface area contributed by atoms with Gasteiger partial charge in [-0.05, 0) is 30.7 Å². The van der Waals surface area contributed by atoms with Crippen LogP contribution in [0.1, 0.15) is 6.42 Å². The molecule has 4 heteroatoms. The monoisotopic (exact) mass is 280 g/mol. The molecular weight excluding hydrogens is 260 g/mol. The molecule has 1 fully saturated rings. The van der Waals surface area contributed by atoms with E-state index in [0.717, 1.165) is 31.9 Å². The van der Waals surface area contributed by atoms with Gasteiger partial charge in [0.2, 0.25) is 0 Å². The predicted octanol–water partition coefficient (Wildman–Crippen LogP) is 2.34. The lowest BCUT2D eigenvalue weighted by atomic mass is 10.1. The molecule has 0 amide bonds. The molecule has 1 atom stereocenters. The molecule has 108 valence electrons. The summed E-state index contributed by atoms with van der Waals surface area (Å²) in [5, 5.41) is 7.08. The van der Waals surface area contributed by atoms with E-state index >= 15 is 0 Å². The number of fused-ring (bicyclic) bond motifs is 3. The van der Waals surface area contributed by atoms with Crippen LogP contribution >= 0.6 is 0 Å². The molecule has 1 aromatic heterocycles. The quantitative estimate of drug-likeness (QED) is 0.841. The van der Waals surface area contributed by atoms with E-state index < -0.39 is 0 Å². The lowest BCUT2D eigenvalue weighted by molar-refractivity contribution is 0.466. The molecule has 2 N–H and O–H groups in total. The molecule has 2 aromatic rings. The standard InChI is InChI=1S/C17H20N4/c1-2-7-19-15(3-1)13-4-5-16-17(11-13)21-10-9-18-12-14(21)6-8-20-16/h1-5,7,11,14,18,20H,6,8-10,12H2. The van der Waals surface area contributed by atoms with E-state index in [-0.39, 0.29) is 0 Å². The van der Waals surface area contributed by atoms with Crippen LogP contribution in [0.2, 0.25) is 0 Å². The Morgan fingerprint density at radius 1 is 1.14 bits per heavy atom. The number of aromatic nitrogens is 1. The molecule has 1 aromatic carbocycles. The molecule has 1 saturated heterocycles. The SMILES string of the molecule is c1ccc(-c2ccc3c(c2)N2CCNCC2CCN3)nc1. The maximum absolute atomic E-state index is 4.47. The molecule has 2 aliphatic rings. The summed E-state index contributed by atoms with van der Waals surface area (Å²) in [6.45, 7) is 4.25. The number of nitrogens with one attached hydrogen (secondary N) is 2. The van der Waals surface area contributed by atoms with Crippen LogP contribution in [0.3, 0.4) is 0 Å². The highest BCUT2D eigenvalue weighted by molar-refractivity contribution is 5.78. The highest BCUT2D eigenvalue weighted by Gasteiger charge is 2.26. The number of rotatable bonds is 1. The van der Waals surface area contributed by atoms with Crippen LogP contribution in [0.15, 0.2) is 42.6 Å². The summed E-state index contributed by atoms with van der Waals surface area (Å²) in [5.74, 6) is 0. The first-order valence-corrected chi connectivity index (χ1v) is 7.68. The molecule has 0 aliphatic carbocycles. The maximum Gasteiger partial charge on any atom is 0.0702 e. The summed E-state index contributed by atoms with van der Waals surface area (Å²) < 4.78 is 0. The Labute approximate surface area is 125 Å². The summed E-state index contributed by atoms with van der Waals surface area (Å²) in [7, 11) is 0. The largest absolute Gasteiger partial charge is 0.383 e. The summed E-state index contributed by atoms with van der Waals surface area (Å²) in [6, 6.07) is 13.3. The minimum Gasteiger partial charge on any atom is -0.383 e. The fraction of sp³-hybridized carbons (Fsp3) is 0.353. The van der Waals surface area contributed by atoms with Gasteiger partial charge >= 0.3 is 0 Å². The number of piperazine rings is 1. The lowest BCUT2D eigenvalue weighted by Gasteiger charge is -2.37. The molecule has 3 heterocycles. The molecule has 4 rings (SSSR count). The summed E-state index contributed by atoms with van der Waals surface area (Å²) in [5.41, 5.74) is 4.80. The summed E-state index contributed by atoms with van der Waals surface area (Å²) >= 11 is 0. The highest BCUT2D eigenvalue weighted by Crippen LogP contribution is 2.35. The van der Waals surface area contributed by atoms with Gasteiger partial charge in [-0.3, -0.25) is 4.98 Å². The van der Waals surface area contributed by atoms with Crippen molar-refractivity contribution < 1.29 is 0 Å². The molecule has 0 radical (unpaired) electrons. The van der Waals surface area contributed by atoms with Crippen molar-refractivity contribution in [1.29, 1.82) is 0 Å². The van der Waals surface area contributed by atoms with Crippen LogP contribution in [-0.2, 0) is 0 Å². The first-order chi connectivity index (χ1) is 10.4. The predicted molar refractivity (Wildman–Crippen MR) is 86.8 cm³/mol. The molecule has 4 nitrogen and oxygen atoms in total. The van der Waals surface area contributed by atoms with Crippen molar-refractivity contribution in [3.8, 4) is 11.3 Å². The molecule has 0 bridgehead atoms. The number of anilines is 2. The molecule has 1 unspecified atom stereocenters. The van der Waals surface area contributed by atoms with Crippen LogP contribution in [0.25, 0.3) is 11.3 Å². The van der Waals surface area contributed by atoms with Crippen molar-refractivity contribution >= 4 is 11.4 Å². The Balaban J connectivity index is 1.77. The zero-order chi connectivity index (χ0) is 14.1. The van der Waals surface area contributed by atoms with Gasteiger partial charge in [-0.15, -0.1) is 0 Å². The zero-order valence-electron chi connectivity index (χ0n) is 12.0. The second-order valence-electron chi connectivity index (χ2n) is 5.71. The van der Waals surface area contributed by atoms with Gasteiger partial charge in [0.25, 0.3) is 0 Å². The van der Waals surface area contributed by atoms with Gasteiger partial charge in [0.1, 0.15) is 0 Å². The number of hydrogen-bond donors (Lipinski definition) is 2. The Hall–Kier alpha value is -2.07. The fourth-order valence-electron chi connectivity index (χ4n) is 3.32. The van der Waals surface area contributed by atoms with E-state index in [2.05, 4.69) is 44.8 Å². The third-order valence-electron chi connectivity index (χ3n) is 4.41. The molecular formula is C17H20N4. The summed E-state index contributed by atoms with van der Waals surface area (Å²) in [6.07, 6.45) is 3.04. The zero-order valence-corrected chi connectivity index (χ0v) is 12.0. The fourth-order valence-corrected chi connectivity index (χ4v) is 3.32. The Morgan fingerprint density at radius 2 is 2.14 bits per heavy atom. The molecule has 2 aliphatic heterocycles. The van der Waals surface area contributed by atoms with Crippen molar-refractivity contribution in [2.75, 3.05) is 36.4 Å². The summed E-state index contributed by atoms with van der Waals surface area (Å²) in [4.78, 5) is 7.03. The Morgan fingerprint density at radius 3 is 3.05 bits per heavy atom. The van der Waals surface area contributed by atoms with E-state index in [1.165, 1.54) is 23.4 Å². The van der Waals surface area contributed by atoms with Gasteiger partial charge in [0.05, 0.1) is 17.1 Å². The second kappa shape index (κ2) is 5.37. The number of hydrogen-bond acceptors (Lipinski definition) is 4. The van der Waals surface area contributed by atoms with Crippen LogP contribution in [0, 0.1) is 0 Å². The third kappa shape index (κ3) is 2.36. The van der Waals surface area contributed by atoms with E-state index in [9.17, 15) is 0 Å². The topological polar surface area (TPSA) is 40.2 Å². The van der Waals surface area contributed by atoms with Crippen molar-refractivity contribution in [3.05, 3.63) is 42.6 Å². The minimum atomic E-state index is 0.589. The number of nitrogens with zero attached hydrogens (tertiary/aromatic N) is 2. The van der Waals surface area contributed by atoms with Gasteiger partial charge in [-0.2, -0.15) is 0 Å². The average molecular weight is 280 g/mol. The average Bonchev–Trinajstić information content (AvgIpc) is 2.74. The molecule has 21 heavy (non-hydrogen) atoms. The maximum atomic E-state index is 4.47. The van der Waals surface area contributed by atoms with Crippen LogP contribution in [0.5, 0.6) is 0 Å². The van der Waals surface area contributed by atoms with Crippen LogP contribution in [-0.4, -0.2) is 37.2 Å². The lowest BCUT2D eigenvalue weighted by Crippen LogP contribution is -2.51. The van der Waals surface area contributed by atoms with E-state index in [1.807, 2.05) is 18.3 Å². The van der Waals surface area contributed by atoms with Crippen molar-refractivity contribution in [1.82, 2.24) is 10.3 Å². The molecule has 0 spiro atoms. The van der Waals surface area contributed by atoms with E-state index in [0.29, 0.717) is 6.04 Å². The van der Waals surface area contributed by atoms with Crippen molar-refractivity contribution in [3.63, 3.8) is 0 Å². The highest BCUT2D eigenvalue weighted by atomic mass is 15.2. The number of pyridine rings is 1.